The quantitative estimate of drug-likeness (QED) is 0.822. The van der Waals surface area contributed by atoms with E-state index in [1.54, 1.807) is 7.11 Å². The second kappa shape index (κ2) is 7.29. The number of hydrogen-bond donors (Lipinski definition) is 2. The van der Waals surface area contributed by atoms with Crippen LogP contribution < -0.4 is 14.8 Å². The lowest BCUT2D eigenvalue weighted by Gasteiger charge is -2.16. The normalized spacial score (nSPS) is 12.6. The largest absolute Gasteiger partial charge is 0.497 e. The lowest BCUT2D eigenvalue weighted by atomic mass is 10.1. The summed E-state index contributed by atoms with van der Waals surface area (Å²) in [6.07, 6.45) is -0.527. The Labute approximate surface area is 125 Å². The number of rotatable bonds is 7. The molecule has 0 saturated carbocycles. The highest BCUT2D eigenvalue weighted by molar-refractivity contribution is 5.89. The lowest BCUT2D eigenvalue weighted by Crippen LogP contribution is -2.35. The molecule has 0 heterocycles. The summed E-state index contributed by atoms with van der Waals surface area (Å²) in [6, 6.07) is 12.1. The second-order valence-electron chi connectivity index (χ2n) is 5.37. The first-order chi connectivity index (χ1) is 10.1. The van der Waals surface area contributed by atoms with Crippen LogP contribution in [-0.4, -0.2) is 37.5 Å². The van der Waals surface area contributed by atoms with Crippen LogP contribution in [-0.2, 0) is 0 Å². The molecular formula is C17H23NO3. The van der Waals surface area contributed by atoms with Crippen molar-refractivity contribution in [1.29, 1.82) is 0 Å². The van der Waals surface area contributed by atoms with Crippen LogP contribution >= 0.6 is 0 Å². The van der Waals surface area contributed by atoms with Crippen LogP contribution in [0, 0.1) is 0 Å². The molecule has 0 amide bonds. The summed E-state index contributed by atoms with van der Waals surface area (Å²) in [5.41, 5.74) is 0. The molecule has 4 nitrogen and oxygen atoms in total. The number of aliphatic hydroxyl groups is 1. The smallest absolute Gasteiger partial charge is 0.127 e. The van der Waals surface area contributed by atoms with Crippen LogP contribution in [0.4, 0.5) is 0 Å². The molecule has 0 saturated heterocycles. The van der Waals surface area contributed by atoms with Crippen LogP contribution in [0.25, 0.3) is 10.8 Å². The number of benzene rings is 2. The van der Waals surface area contributed by atoms with Crippen LogP contribution in [0.3, 0.4) is 0 Å². The first-order valence-corrected chi connectivity index (χ1v) is 7.21. The molecule has 21 heavy (non-hydrogen) atoms. The third kappa shape index (κ3) is 4.34. The Balaban J connectivity index is 2.05. The molecule has 0 fully saturated rings. The average molecular weight is 289 g/mol. The number of nitrogens with one attached hydrogen (secondary N) is 1. The van der Waals surface area contributed by atoms with Gasteiger partial charge in [0.15, 0.2) is 0 Å². The van der Waals surface area contributed by atoms with Gasteiger partial charge in [0, 0.05) is 18.0 Å². The highest BCUT2D eigenvalue weighted by atomic mass is 16.5. The summed E-state index contributed by atoms with van der Waals surface area (Å²) < 4.78 is 11.0. The predicted molar refractivity (Wildman–Crippen MR) is 85.1 cm³/mol. The van der Waals surface area contributed by atoms with E-state index in [9.17, 15) is 5.11 Å². The van der Waals surface area contributed by atoms with Crippen molar-refractivity contribution in [3.8, 4) is 11.5 Å². The highest BCUT2D eigenvalue weighted by Gasteiger charge is 2.08. The fraction of sp³-hybridized carbons (Fsp3) is 0.412. The zero-order chi connectivity index (χ0) is 15.2. The third-order valence-electron chi connectivity index (χ3n) is 3.24. The summed E-state index contributed by atoms with van der Waals surface area (Å²) in [5.74, 6) is 1.60. The SMILES string of the molecule is COc1ccc2c(OCC(O)CNC(C)C)cccc2c1. The van der Waals surface area contributed by atoms with Gasteiger partial charge in [-0.3, -0.25) is 0 Å². The minimum atomic E-state index is -0.527. The van der Waals surface area contributed by atoms with Gasteiger partial charge in [-0.25, -0.2) is 0 Å². The molecule has 114 valence electrons. The Kier molecular flexibility index (Phi) is 5.42. The fourth-order valence-corrected chi connectivity index (χ4v) is 2.10. The number of hydrogen-bond acceptors (Lipinski definition) is 4. The van der Waals surface area contributed by atoms with Gasteiger partial charge in [-0.1, -0.05) is 26.0 Å². The molecule has 2 aromatic carbocycles. The van der Waals surface area contributed by atoms with Crippen molar-refractivity contribution in [2.45, 2.75) is 26.0 Å². The highest BCUT2D eigenvalue weighted by Crippen LogP contribution is 2.28. The molecule has 1 atom stereocenters. The number of ether oxygens (including phenoxy) is 2. The standard InChI is InChI=1S/C17H23NO3/c1-12(2)18-10-14(19)11-21-17-6-4-5-13-9-15(20-3)7-8-16(13)17/h4-9,12,14,18-19H,10-11H2,1-3H3. The summed E-state index contributed by atoms with van der Waals surface area (Å²) in [7, 11) is 1.65. The van der Waals surface area contributed by atoms with Crippen molar-refractivity contribution in [2.75, 3.05) is 20.3 Å². The molecule has 0 aliphatic heterocycles. The van der Waals surface area contributed by atoms with E-state index in [0.717, 1.165) is 22.3 Å². The van der Waals surface area contributed by atoms with Crippen LogP contribution in [0.2, 0.25) is 0 Å². The maximum Gasteiger partial charge on any atom is 0.127 e. The van der Waals surface area contributed by atoms with Crippen molar-refractivity contribution >= 4 is 10.8 Å². The first kappa shape index (κ1) is 15.6. The fourth-order valence-electron chi connectivity index (χ4n) is 2.10. The first-order valence-electron chi connectivity index (χ1n) is 7.21. The number of aliphatic hydroxyl groups excluding tert-OH is 1. The van der Waals surface area contributed by atoms with Gasteiger partial charge in [0.25, 0.3) is 0 Å². The molecule has 0 bridgehead atoms. The van der Waals surface area contributed by atoms with E-state index in [0.29, 0.717) is 12.6 Å². The summed E-state index contributed by atoms with van der Waals surface area (Å²) in [5, 5.41) is 15.2. The van der Waals surface area contributed by atoms with Crippen molar-refractivity contribution in [3.63, 3.8) is 0 Å². The van der Waals surface area contributed by atoms with E-state index in [2.05, 4.69) is 5.32 Å². The van der Waals surface area contributed by atoms with Gasteiger partial charge in [-0.2, -0.15) is 0 Å². The molecule has 0 aliphatic rings. The molecule has 4 heteroatoms. The van der Waals surface area contributed by atoms with Crippen molar-refractivity contribution in [3.05, 3.63) is 36.4 Å². The lowest BCUT2D eigenvalue weighted by molar-refractivity contribution is 0.105. The van der Waals surface area contributed by atoms with Gasteiger partial charge in [0.05, 0.1) is 7.11 Å². The molecule has 2 aromatic rings. The summed E-state index contributed by atoms with van der Waals surface area (Å²) >= 11 is 0. The molecular weight excluding hydrogens is 266 g/mol. The van der Waals surface area contributed by atoms with E-state index in [1.807, 2.05) is 50.2 Å². The molecule has 0 aromatic heterocycles. The number of fused-ring (bicyclic) bond motifs is 1. The predicted octanol–water partition coefficient (Wildman–Crippen LogP) is 2.59. The maximum absolute atomic E-state index is 9.91. The summed E-state index contributed by atoms with van der Waals surface area (Å²) in [6.45, 7) is 4.89. The van der Waals surface area contributed by atoms with Crippen LogP contribution in [0.1, 0.15) is 13.8 Å². The number of methoxy groups -OCH3 is 1. The Morgan fingerprint density at radius 1 is 1.19 bits per heavy atom. The summed E-state index contributed by atoms with van der Waals surface area (Å²) in [4.78, 5) is 0. The van der Waals surface area contributed by atoms with Gasteiger partial charge in [-0.05, 0) is 29.7 Å². The topological polar surface area (TPSA) is 50.7 Å². The Morgan fingerprint density at radius 2 is 2.00 bits per heavy atom. The molecule has 0 radical (unpaired) electrons. The van der Waals surface area contributed by atoms with Crippen molar-refractivity contribution in [1.82, 2.24) is 5.32 Å². The molecule has 2 rings (SSSR count). The van der Waals surface area contributed by atoms with Crippen LogP contribution in [0.15, 0.2) is 36.4 Å². The maximum atomic E-state index is 9.91. The zero-order valence-electron chi connectivity index (χ0n) is 12.8. The molecule has 0 aliphatic carbocycles. The Bertz CT molecular complexity index is 583. The monoisotopic (exact) mass is 289 g/mol. The van der Waals surface area contributed by atoms with E-state index in [-0.39, 0.29) is 6.61 Å². The minimum absolute atomic E-state index is 0.269. The van der Waals surface area contributed by atoms with E-state index in [1.165, 1.54) is 0 Å². The molecule has 2 N–H and O–H groups in total. The van der Waals surface area contributed by atoms with E-state index in [4.69, 9.17) is 9.47 Å². The second-order valence-corrected chi connectivity index (χ2v) is 5.37. The van der Waals surface area contributed by atoms with Gasteiger partial charge in [0.1, 0.15) is 24.2 Å². The Morgan fingerprint density at radius 3 is 2.71 bits per heavy atom. The van der Waals surface area contributed by atoms with E-state index < -0.39 is 6.10 Å². The van der Waals surface area contributed by atoms with Crippen molar-refractivity contribution < 1.29 is 14.6 Å². The van der Waals surface area contributed by atoms with Gasteiger partial charge >= 0.3 is 0 Å². The zero-order valence-corrected chi connectivity index (χ0v) is 12.8. The van der Waals surface area contributed by atoms with Gasteiger partial charge in [0.2, 0.25) is 0 Å². The minimum Gasteiger partial charge on any atom is -0.497 e. The average Bonchev–Trinajstić information content (AvgIpc) is 2.50. The van der Waals surface area contributed by atoms with Gasteiger partial charge < -0.3 is 19.9 Å². The molecule has 1 unspecified atom stereocenters. The Hall–Kier alpha value is -1.78. The third-order valence-corrected chi connectivity index (χ3v) is 3.24. The van der Waals surface area contributed by atoms with Crippen molar-refractivity contribution in [2.24, 2.45) is 0 Å². The van der Waals surface area contributed by atoms with E-state index >= 15 is 0 Å². The van der Waals surface area contributed by atoms with Crippen LogP contribution in [0.5, 0.6) is 11.5 Å². The van der Waals surface area contributed by atoms with Gasteiger partial charge in [-0.15, -0.1) is 0 Å². The molecule has 0 spiro atoms.